The first-order valence-corrected chi connectivity index (χ1v) is 5.00. The molecule has 0 saturated carbocycles. The standard InChI is InChI=1S/C10H8F5NO3/c11-9(12,13)8(17)7(16)4-1-2-5-6(3-4)19-10(14,15)18-5/h1-3,7-8,17H,16H2/t7-,8-/m1/s1. The van der Waals surface area contributed by atoms with Gasteiger partial charge in [-0.1, -0.05) is 6.07 Å². The Morgan fingerprint density at radius 1 is 1.16 bits per heavy atom. The molecule has 0 amide bonds. The summed E-state index contributed by atoms with van der Waals surface area (Å²) in [5.74, 6) is -0.755. The van der Waals surface area contributed by atoms with Crippen molar-refractivity contribution in [2.24, 2.45) is 5.73 Å². The molecule has 9 heteroatoms. The Labute approximate surface area is 103 Å². The lowest BCUT2D eigenvalue weighted by atomic mass is 10.0. The molecule has 0 radical (unpaired) electrons. The topological polar surface area (TPSA) is 64.7 Å². The van der Waals surface area contributed by atoms with Gasteiger partial charge >= 0.3 is 12.5 Å². The van der Waals surface area contributed by atoms with Gasteiger partial charge in [0, 0.05) is 0 Å². The van der Waals surface area contributed by atoms with Crippen molar-refractivity contribution in [3.05, 3.63) is 23.8 Å². The van der Waals surface area contributed by atoms with E-state index in [1.807, 2.05) is 0 Å². The monoisotopic (exact) mass is 285 g/mol. The minimum absolute atomic E-state index is 0.204. The number of fused-ring (bicyclic) bond motifs is 1. The summed E-state index contributed by atoms with van der Waals surface area (Å²) in [5.41, 5.74) is 5.03. The predicted molar refractivity (Wildman–Crippen MR) is 51.6 cm³/mol. The molecule has 1 aromatic rings. The van der Waals surface area contributed by atoms with E-state index in [9.17, 15) is 22.0 Å². The lowest BCUT2D eigenvalue weighted by molar-refractivity contribution is -0.286. The highest BCUT2D eigenvalue weighted by atomic mass is 19.4. The molecule has 0 bridgehead atoms. The highest BCUT2D eigenvalue weighted by molar-refractivity contribution is 5.46. The van der Waals surface area contributed by atoms with Crippen LogP contribution in [0, 0.1) is 0 Å². The van der Waals surface area contributed by atoms with E-state index in [4.69, 9.17) is 10.8 Å². The molecule has 1 aliphatic rings. The third kappa shape index (κ3) is 2.71. The zero-order valence-corrected chi connectivity index (χ0v) is 9.12. The van der Waals surface area contributed by atoms with E-state index in [0.29, 0.717) is 0 Å². The molecule has 4 nitrogen and oxygen atoms in total. The maximum Gasteiger partial charge on any atom is 0.586 e. The number of benzene rings is 1. The quantitative estimate of drug-likeness (QED) is 0.815. The Morgan fingerprint density at radius 3 is 2.32 bits per heavy atom. The van der Waals surface area contributed by atoms with Gasteiger partial charge in [-0.2, -0.15) is 13.2 Å². The number of hydrogen-bond donors (Lipinski definition) is 2. The van der Waals surface area contributed by atoms with E-state index in [-0.39, 0.29) is 11.3 Å². The van der Waals surface area contributed by atoms with Crippen LogP contribution in [0.1, 0.15) is 11.6 Å². The average molecular weight is 285 g/mol. The second kappa shape index (κ2) is 4.20. The van der Waals surface area contributed by atoms with Crippen LogP contribution in [0.4, 0.5) is 22.0 Å². The molecule has 1 aliphatic heterocycles. The molecule has 1 heterocycles. The van der Waals surface area contributed by atoms with E-state index in [2.05, 4.69) is 9.47 Å². The molecule has 2 rings (SSSR count). The first kappa shape index (κ1) is 13.8. The summed E-state index contributed by atoms with van der Waals surface area (Å²) in [6.45, 7) is 0. The third-order valence-electron chi connectivity index (χ3n) is 2.49. The van der Waals surface area contributed by atoms with Crippen LogP contribution in [0.2, 0.25) is 0 Å². The minimum Gasteiger partial charge on any atom is -0.395 e. The van der Waals surface area contributed by atoms with Gasteiger partial charge in [0.2, 0.25) is 0 Å². The molecule has 2 atom stereocenters. The van der Waals surface area contributed by atoms with Gasteiger partial charge in [0.1, 0.15) is 0 Å². The van der Waals surface area contributed by atoms with Gasteiger partial charge in [-0.15, -0.1) is 8.78 Å². The largest absolute Gasteiger partial charge is 0.586 e. The van der Waals surface area contributed by atoms with Crippen molar-refractivity contribution in [1.82, 2.24) is 0 Å². The number of rotatable bonds is 2. The summed E-state index contributed by atoms with van der Waals surface area (Å²) in [7, 11) is 0. The van der Waals surface area contributed by atoms with Crippen molar-refractivity contribution in [2.45, 2.75) is 24.6 Å². The number of hydrogen-bond acceptors (Lipinski definition) is 4. The maximum absolute atomic E-state index is 12.7. The molecular formula is C10H8F5NO3. The smallest absolute Gasteiger partial charge is 0.395 e. The molecule has 0 saturated heterocycles. The normalized spacial score (nSPS) is 20.2. The summed E-state index contributed by atoms with van der Waals surface area (Å²) in [6, 6.07) is 1.09. The van der Waals surface area contributed by atoms with Gasteiger partial charge in [-0.3, -0.25) is 0 Å². The molecule has 19 heavy (non-hydrogen) atoms. The van der Waals surface area contributed by atoms with Gasteiger partial charge in [-0.25, -0.2) is 0 Å². The van der Waals surface area contributed by atoms with Gasteiger partial charge in [-0.05, 0) is 17.7 Å². The van der Waals surface area contributed by atoms with E-state index < -0.39 is 30.4 Å². The number of alkyl halides is 5. The number of halogens is 5. The summed E-state index contributed by atoms with van der Waals surface area (Å²) in [6.07, 6.45) is -11.6. The molecule has 0 aliphatic carbocycles. The van der Waals surface area contributed by atoms with Crippen molar-refractivity contribution in [2.75, 3.05) is 0 Å². The first-order valence-electron chi connectivity index (χ1n) is 5.00. The summed E-state index contributed by atoms with van der Waals surface area (Å²) in [5, 5.41) is 8.99. The van der Waals surface area contributed by atoms with E-state index >= 15 is 0 Å². The van der Waals surface area contributed by atoms with Crippen molar-refractivity contribution in [1.29, 1.82) is 0 Å². The molecule has 0 spiro atoms. The van der Waals surface area contributed by atoms with Crippen molar-refractivity contribution < 1.29 is 36.5 Å². The fourth-order valence-corrected chi connectivity index (χ4v) is 1.56. The van der Waals surface area contributed by atoms with Gasteiger partial charge in [0.25, 0.3) is 0 Å². The molecule has 0 fully saturated rings. The van der Waals surface area contributed by atoms with Crippen LogP contribution in [-0.2, 0) is 0 Å². The lowest BCUT2D eigenvalue weighted by Crippen LogP contribution is -2.38. The molecule has 1 aromatic carbocycles. The molecule has 3 N–H and O–H groups in total. The Bertz CT molecular complexity index is 491. The number of aliphatic hydroxyl groups is 1. The van der Waals surface area contributed by atoms with E-state index in [1.54, 1.807) is 0 Å². The van der Waals surface area contributed by atoms with Crippen LogP contribution < -0.4 is 15.2 Å². The van der Waals surface area contributed by atoms with Gasteiger partial charge < -0.3 is 20.3 Å². The SMILES string of the molecule is N[C@H](c1ccc2c(c1)OC(F)(F)O2)[C@@H](O)C(F)(F)F. The van der Waals surface area contributed by atoms with E-state index in [1.165, 1.54) is 0 Å². The average Bonchev–Trinajstić information content (AvgIpc) is 2.58. The van der Waals surface area contributed by atoms with Crippen molar-refractivity contribution in [3.63, 3.8) is 0 Å². The highest BCUT2D eigenvalue weighted by Gasteiger charge is 2.45. The fourth-order valence-electron chi connectivity index (χ4n) is 1.56. The number of aliphatic hydroxyl groups excluding tert-OH is 1. The van der Waals surface area contributed by atoms with Crippen LogP contribution in [0.5, 0.6) is 11.5 Å². The van der Waals surface area contributed by atoms with Crippen molar-refractivity contribution >= 4 is 0 Å². The van der Waals surface area contributed by atoms with E-state index in [0.717, 1.165) is 18.2 Å². The second-order valence-corrected chi connectivity index (χ2v) is 3.89. The van der Waals surface area contributed by atoms with Crippen LogP contribution in [0.25, 0.3) is 0 Å². The van der Waals surface area contributed by atoms with Gasteiger partial charge in [0.05, 0.1) is 6.04 Å². The number of ether oxygens (including phenoxy) is 2. The molecule has 0 aromatic heterocycles. The van der Waals surface area contributed by atoms with Crippen LogP contribution >= 0.6 is 0 Å². The lowest BCUT2D eigenvalue weighted by Gasteiger charge is -2.21. The number of nitrogens with two attached hydrogens (primary N) is 1. The first-order chi connectivity index (χ1) is 8.60. The zero-order chi connectivity index (χ0) is 14.4. The second-order valence-electron chi connectivity index (χ2n) is 3.89. The molecule has 106 valence electrons. The highest BCUT2D eigenvalue weighted by Crippen LogP contribution is 2.42. The summed E-state index contributed by atoms with van der Waals surface area (Å²) >= 11 is 0. The molecule has 0 unspecified atom stereocenters. The minimum atomic E-state index is -4.92. The van der Waals surface area contributed by atoms with Gasteiger partial charge in [0.15, 0.2) is 17.6 Å². The Morgan fingerprint density at radius 2 is 1.74 bits per heavy atom. The maximum atomic E-state index is 12.7. The van der Waals surface area contributed by atoms with Crippen molar-refractivity contribution in [3.8, 4) is 11.5 Å². The Hall–Kier alpha value is -1.61. The predicted octanol–water partition coefficient (Wildman–Crippen LogP) is 1.93. The Balaban J connectivity index is 2.25. The molecular weight excluding hydrogens is 277 g/mol. The summed E-state index contributed by atoms with van der Waals surface area (Å²) in [4.78, 5) is 0. The zero-order valence-electron chi connectivity index (χ0n) is 9.12. The van der Waals surface area contributed by atoms with Crippen LogP contribution in [0.3, 0.4) is 0 Å². The summed E-state index contributed by atoms with van der Waals surface area (Å²) < 4.78 is 70.4. The Kier molecular flexibility index (Phi) is 3.06. The third-order valence-corrected chi connectivity index (χ3v) is 2.49. The fraction of sp³-hybridized carbons (Fsp3) is 0.400. The van der Waals surface area contributed by atoms with Crippen LogP contribution in [-0.4, -0.2) is 23.7 Å². The van der Waals surface area contributed by atoms with Crippen LogP contribution in [0.15, 0.2) is 18.2 Å².